The van der Waals surface area contributed by atoms with Crippen LogP contribution in [0.1, 0.15) is 29.2 Å². The molecule has 0 aliphatic heterocycles. The summed E-state index contributed by atoms with van der Waals surface area (Å²) in [4.78, 5) is 0. The molecule has 0 saturated carbocycles. The molecule has 29 heavy (non-hydrogen) atoms. The monoisotopic (exact) mass is 565 g/mol. The smallest absolute Gasteiger partial charge is 0.174 e. The van der Waals surface area contributed by atoms with Crippen molar-refractivity contribution in [3.05, 3.63) is 84.9 Å². The van der Waals surface area contributed by atoms with Crippen molar-refractivity contribution in [1.82, 2.24) is 0 Å². The minimum atomic E-state index is 0.503. The summed E-state index contributed by atoms with van der Waals surface area (Å²) < 4.78 is 14.1. The average Bonchev–Trinajstić information content (AvgIpc) is 2.69. The number of halogens is 2. The number of hydrogen-bond donors (Lipinski definition) is 1. The van der Waals surface area contributed by atoms with Gasteiger partial charge in [-0.1, -0.05) is 40.2 Å². The van der Waals surface area contributed by atoms with E-state index in [1.807, 2.05) is 19.1 Å². The van der Waals surface area contributed by atoms with Crippen LogP contribution in [0.25, 0.3) is 0 Å². The van der Waals surface area contributed by atoms with Gasteiger partial charge in [-0.05, 0) is 95.9 Å². The molecule has 152 valence electrons. The third-order valence-electron chi connectivity index (χ3n) is 4.54. The van der Waals surface area contributed by atoms with Gasteiger partial charge in [0, 0.05) is 16.7 Å². The van der Waals surface area contributed by atoms with Crippen molar-refractivity contribution >= 4 is 44.2 Å². The van der Waals surface area contributed by atoms with Crippen molar-refractivity contribution in [2.75, 3.05) is 11.9 Å². The minimum absolute atomic E-state index is 0.503. The Morgan fingerprint density at radius 3 is 2.41 bits per heavy atom. The van der Waals surface area contributed by atoms with Gasteiger partial charge in [-0.3, -0.25) is 0 Å². The van der Waals surface area contributed by atoms with Crippen molar-refractivity contribution < 1.29 is 9.47 Å². The minimum Gasteiger partial charge on any atom is -0.490 e. The second-order valence-electron chi connectivity index (χ2n) is 6.92. The second-order valence-corrected chi connectivity index (χ2v) is 9.00. The fourth-order valence-corrected chi connectivity index (χ4v) is 4.07. The molecule has 0 atom stereocenters. The normalized spacial score (nSPS) is 10.7. The van der Waals surface area contributed by atoms with E-state index in [-0.39, 0.29) is 0 Å². The van der Waals surface area contributed by atoms with Crippen molar-refractivity contribution in [3.8, 4) is 11.5 Å². The molecule has 0 aromatic heterocycles. The van der Waals surface area contributed by atoms with Crippen LogP contribution in [0.4, 0.5) is 5.69 Å². The lowest BCUT2D eigenvalue weighted by atomic mass is 10.1. The van der Waals surface area contributed by atoms with E-state index < -0.39 is 0 Å². The van der Waals surface area contributed by atoms with Gasteiger partial charge in [-0.15, -0.1) is 0 Å². The van der Waals surface area contributed by atoms with Gasteiger partial charge in [-0.2, -0.15) is 0 Å². The van der Waals surface area contributed by atoms with Crippen LogP contribution in [-0.4, -0.2) is 6.61 Å². The zero-order valence-corrected chi connectivity index (χ0v) is 20.6. The molecular weight excluding hydrogens is 541 g/mol. The number of rotatable bonds is 8. The first kappa shape index (κ1) is 22.0. The SMILES string of the molecule is CCOc1cc(CNc2cc(C)ccc2C)cc(I)c1OCc1ccc(Br)cc1. The third kappa shape index (κ3) is 6.12. The number of benzene rings is 3. The van der Waals surface area contributed by atoms with Gasteiger partial charge in [-0.25, -0.2) is 0 Å². The van der Waals surface area contributed by atoms with Crippen LogP contribution in [0, 0.1) is 17.4 Å². The molecule has 0 bridgehead atoms. The number of nitrogens with one attached hydrogen (secondary N) is 1. The molecule has 0 unspecified atom stereocenters. The Labute approximate surface area is 195 Å². The molecule has 0 spiro atoms. The Kier molecular flexibility index (Phi) is 7.84. The largest absolute Gasteiger partial charge is 0.490 e. The van der Waals surface area contributed by atoms with E-state index in [9.17, 15) is 0 Å². The molecule has 0 aliphatic carbocycles. The lowest BCUT2D eigenvalue weighted by Crippen LogP contribution is -2.05. The molecule has 3 aromatic carbocycles. The van der Waals surface area contributed by atoms with Gasteiger partial charge in [0.2, 0.25) is 0 Å². The zero-order chi connectivity index (χ0) is 20.8. The van der Waals surface area contributed by atoms with Crippen LogP contribution in [0.3, 0.4) is 0 Å². The fourth-order valence-electron chi connectivity index (χ4n) is 2.99. The van der Waals surface area contributed by atoms with E-state index in [0.717, 1.165) is 42.9 Å². The third-order valence-corrected chi connectivity index (χ3v) is 5.87. The lowest BCUT2D eigenvalue weighted by molar-refractivity contribution is 0.267. The second kappa shape index (κ2) is 10.3. The molecule has 3 nitrogen and oxygen atoms in total. The zero-order valence-electron chi connectivity index (χ0n) is 16.9. The molecule has 0 aliphatic rings. The first-order valence-electron chi connectivity index (χ1n) is 9.60. The lowest BCUT2D eigenvalue weighted by Gasteiger charge is -2.17. The summed E-state index contributed by atoms with van der Waals surface area (Å²) in [5, 5.41) is 3.55. The topological polar surface area (TPSA) is 30.5 Å². The Morgan fingerprint density at radius 1 is 0.931 bits per heavy atom. The van der Waals surface area contributed by atoms with Gasteiger partial charge in [0.25, 0.3) is 0 Å². The van der Waals surface area contributed by atoms with Gasteiger partial charge in [0.05, 0.1) is 10.2 Å². The summed E-state index contributed by atoms with van der Waals surface area (Å²) in [6, 6.07) is 18.8. The summed E-state index contributed by atoms with van der Waals surface area (Å²) in [6.45, 7) is 8.05. The number of ether oxygens (including phenoxy) is 2. The van der Waals surface area contributed by atoms with Crippen LogP contribution in [0.2, 0.25) is 0 Å². The van der Waals surface area contributed by atoms with Crippen LogP contribution < -0.4 is 14.8 Å². The van der Waals surface area contributed by atoms with E-state index in [1.165, 1.54) is 11.1 Å². The average molecular weight is 566 g/mol. The molecule has 0 radical (unpaired) electrons. The van der Waals surface area contributed by atoms with Crippen molar-refractivity contribution in [1.29, 1.82) is 0 Å². The maximum atomic E-state index is 6.13. The number of hydrogen-bond acceptors (Lipinski definition) is 3. The number of anilines is 1. The van der Waals surface area contributed by atoms with E-state index >= 15 is 0 Å². The molecule has 3 aromatic rings. The summed E-state index contributed by atoms with van der Waals surface area (Å²) in [7, 11) is 0. The molecule has 0 amide bonds. The fraction of sp³-hybridized carbons (Fsp3) is 0.250. The van der Waals surface area contributed by atoms with Crippen LogP contribution in [0.15, 0.2) is 59.1 Å². The van der Waals surface area contributed by atoms with Crippen molar-refractivity contribution in [3.63, 3.8) is 0 Å². The Morgan fingerprint density at radius 2 is 1.69 bits per heavy atom. The highest BCUT2D eigenvalue weighted by atomic mass is 127. The predicted octanol–water partition coefficient (Wildman–Crippen LogP) is 7.26. The maximum Gasteiger partial charge on any atom is 0.174 e. The highest BCUT2D eigenvalue weighted by Gasteiger charge is 2.13. The van der Waals surface area contributed by atoms with Gasteiger partial charge in [0.1, 0.15) is 6.61 Å². The summed E-state index contributed by atoms with van der Waals surface area (Å²) >= 11 is 5.79. The highest BCUT2D eigenvalue weighted by molar-refractivity contribution is 14.1. The predicted molar refractivity (Wildman–Crippen MR) is 132 cm³/mol. The molecular formula is C24H25BrINO2. The van der Waals surface area contributed by atoms with Crippen LogP contribution in [-0.2, 0) is 13.2 Å². The van der Waals surface area contributed by atoms with E-state index in [4.69, 9.17) is 9.47 Å². The van der Waals surface area contributed by atoms with Gasteiger partial charge >= 0.3 is 0 Å². The van der Waals surface area contributed by atoms with Crippen molar-refractivity contribution in [2.24, 2.45) is 0 Å². The van der Waals surface area contributed by atoms with E-state index in [1.54, 1.807) is 0 Å². The van der Waals surface area contributed by atoms with Gasteiger partial charge < -0.3 is 14.8 Å². The molecule has 3 rings (SSSR count). The Bertz CT molecular complexity index is 973. The Balaban J connectivity index is 1.76. The van der Waals surface area contributed by atoms with Gasteiger partial charge in [0.15, 0.2) is 11.5 Å². The van der Waals surface area contributed by atoms with Crippen molar-refractivity contribution in [2.45, 2.75) is 33.9 Å². The molecule has 1 N–H and O–H groups in total. The Hall–Kier alpha value is -1.73. The van der Waals surface area contributed by atoms with E-state index in [0.29, 0.717) is 13.2 Å². The first-order valence-corrected chi connectivity index (χ1v) is 11.5. The maximum absolute atomic E-state index is 6.13. The van der Waals surface area contributed by atoms with Crippen LogP contribution in [0.5, 0.6) is 11.5 Å². The number of aryl methyl sites for hydroxylation is 2. The molecule has 0 heterocycles. The quantitative estimate of drug-likeness (QED) is 0.292. The standard InChI is InChI=1S/C24H25BrINO2/c1-4-28-23-13-19(14-27-22-11-16(2)5-6-17(22)3)12-21(26)24(23)29-15-18-7-9-20(25)10-8-18/h5-13,27H,4,14-15H2,1-3H3. The summed E-state index contributed by atoms with van der Waals surface area (Å²) in [5.74, 6) is 1.58. The summed E-state index contributed by atoms with van der Waals surface area (Å²) in [5.41, 5.74) is 5.93. The molecule has 5 heteroatoms. The highest BCUT2D eigenvalue weighted by Crippen LogP contribution is 2.35. The van der Waals surface area contributed by atoms with Crippen LogP contribution >= 0.6 is 38.5 Å². The van der Waals surface area contributed by atoms with E-state index in [2.05, 4.69) is 100 Å². The summed E-state index contributed by atoms with van der Waals surface area (Å²) in [6.07, 6.45) is 0. The first-order chi connectivity index (χ1) is 14.0. The molecule has 0 saturated heterocycles. The molecule has 0 fully saturated rings.